The third-order valence-corrected chi connectivity index (χ3v) is 3.81. The molecule has 8 nitrogen and oxygen atoms in total. The monoisotopic (exact) mass is 266 g/mol. The van der Waals surface area contributed by atoms with E-state index in [1.165, 1.54) is 6.33 Å². The number of aromatic nitrogens is 4. The fraction of sp³-hybridized carbons (Fsp3) is 0.545. The quantitative estimate of drug-likeness (QED) is 0.403. The molecular weight excluding hydrogens is 250 g/mol. The minimum absolute atomic E-state index is 0.158. The van der Waals surface area contributed by atoms with Gasteiger partial charge in [0.25, 0.3) is 0 Å². The Morgan fingerprint density at radius 1 is 1.37 bits per heavy atom. The summed E-state index contributed by atoms with van der Waals surface area (Å²) >= 11 is 0. The lowest BCUT2D eigenvalue weighted by Crippen LogP contribution is -2.45. The lowest BCUT2D eigenvalue weighted by atomic mass is 10.1. The Kier molecular flexibility index (Phi) is 2.85. The van der Waals surface area contributed by atoms with Gasteiger partial charge in [-0.05, 0) is 6.42 Å². The van der Waals surface area contributed by atoms with Crippen molar-refractivity contribution in [3.05, 3.63) is 12.7 Å². The number of H-pyrrole nitrogens is 1. The molecular formula is C11H16N5O3+. The van der Waals surface area contributed by atoms with Gasteiger partial charge in [0, 0.05) is 12.5 Å². The molecule has 102 valence electrons. The molecule has 0 amide bonds. The van der Waals surface area contributed by atoms with Gasteiger partial charge >= 0.3 is 5.65 Å². The van der Waals surface area contributed by atoms with Crippen molar-refractivity contribution in [1.29, 1.82) is 0 Å². The molecule has 6 N–H and O–H groups in total. The van der Waals surface area contributed by atoms with Crippen LogP contribution in [0.15, 0.2) is 12.7 Å². The smallest absolute Gasteiger partial charge is 0.307 e. The van der Waals surface area contributed by atoms with Crippen LogP contribution >= 0.6 is 0 Å². The van der Waals surface area contributed by atoms with Gasteiger partial charge in [0.1, 0.15) is 12.1 Å². The minimum atomic E-state index is -0.947. The van der Waals surface area contributed by atoms with E-state index in [1.807, 2.05) is 0 Å². The molecule has 0 aromatic carbocycles. The van der Waals surface area contributed by atoms with Crippen LogP contribution in [0, 0.1) is 5.92 Å². The van der Waals surface area contributed by atoms with Crippen LogP contribution in [-0.2, 0) is 0 Å². The number of imidazole rings is 1. The number of hydrogen-bond donors (Lipinski definition) is 5. The van der Waals surface area contributed by atoms with Crippen LogP contribution in [0.5, 0.6) is 0 Å². The lowest BCUT2D eigenvalue weighted by Gasteiger charge is -2.14. The summed E-state index contributed by atoms with van der Waals surface area (Å²) in [5.74, 6) is -0.00729. The summed E-state index contributed by atoms with van der Waals surface area (Å²) < 4.78 is 1.73. The topological polar surface area (TPSA) is 132 Å². The number of aromatic amines is 1. The van der Waals surface area contributed by atoms with E-state index in [1.54, 1.807) is 10.9 Å². The van der Waals surface area contributed by atoms with E-state index < -0.39 is 12.2 Å². The molecule has 0 aliphatic heterocycles. The molecule has 4 atom stereocenters. The fourth-order valence-corrected chi connectivity index (χ4v) is 2.73. The Bertz CT molecular complexity index is 601. The first-order valence-electron chi connectivity index (χ1n) is 6.09. The van der Waals surface area contributed by atoms with Gasteiger partial charge < -0.3 is 21.1 Å². The predicted molar refractivity (Wildman–Crippen MR) is 64.7 cm³/mol. The molecule has 3 rings (SSSR count). The molecule has 2 aromatic heterocycles. The second-order valence-electron chi connectivity index (χ2n) is 4.87. The molecule has 1 fully saturated rings. The molecule has 0 spiro atoms. The summed E-state index contributed by atoms with van der Waals surface area (Å²) in [4.78, 5) is 11.0. The van der Waals surface area contributed by atoms with Crippen molar-refractivity contribution in [3.63, 3.8) is 0 Å². The highest BCUT2D eigenvalue weighted by Crippen LogP contribution is 2.32. The maximum Gasteiger partial charge on any atom is 0.307 e. The molecule has 0 saturated heterocycles. The van der Waals surface area contributed by atoms with Gasteiger partial charge in [-0.3, -0.25) is 4.98 Å². The van der Waals surface area contributed by atoms with Crippen molar-refractivity contribution in [2.45, 2.75) is 24.7 Å². The Labute approximate surface area is 108 Å². The first-order chi connectivity index (χ1) is 9.13. The van der Waals surface area contributed by atoms with Crippen LogP contribution in [0.1, 0.15) is 12.5 Å². The van der Waals surface area contributed by atoms with Gasteiger partial charge in [-0.1, -0.05) is 4.98 Å². The Balaban J connectivity index is 2.04. The first-order valence-corrected chi connectivity index (χ1v) is 6.09. The largest absolute Gasteiger partial charge is 0.396 e. The van der Waals surface area contributed by atoms with Crippen LogP contribution in [0.3, 0.4) is 0 Å². The van der Waals surface area contributed by atoms with E-state index in [0.29, 0.717) is 23.4 Å². The number of aliphatic hydroxyl groups is 3. The van der Waals surface area contributed by atoms with Crippen LogP contribution in [0.2, 0.25) is 0 Å². The SMILES string of the molecule is Nc1ncnc2c1[nH]c[n+]2C1CC(CO)C(O)C1O. The molecule has 2 heterocycles. The van der Waals surface area contributed by atoms with Gasteiger partial charge in [0.15, 0.2) is 18.5 Å². The molecule has 0 radical (unpaired) electrons. The third-order valence-electron chi connectivity index (χ3n) is 3.81. The fourth-order valence-electron chi connectivity index (χ4n) is 2.73. The number of nitrogens with zero attached hydrogens (tertiary/aromatic N) is 3. The molecule has 4 unspecified atom stereocenters. The highest BCUT2D eigenvalue weighted by Gasteiger charge is 2.44. The molecule has 2 aromatic rings. The van der Waals surface area contributed by atoms with E-state index in [4.69, 9.17) is 5.73 Å². The molecule has 8 heteroatoms. The predicted octanol–water partition coefficient (Wildman–Crippen LogP) is -1.90. The zero-order valence-corrected chi connectivity index (χ0v) is 10.1. The Morgan fingerprint density at radius 3 is 2.84 bits per heavy atom. The Morgan fingerprint density at radius 2 is 2.16 bits per heavy atom. The number of rotatable bonds is 2. The maximum absolute atomic E-state index is 10.1. The number of anilines is 1. The second kappa shape index (κ2) is 4.41. The highest BCUT2D eigenvalue weighted by atomic mass is 16.3. The van der Waals surface area contributed by atoms with E-state index in [0.717, 1.165) is 0 Å². The van der Waals surface area contributed by atoms with Gasteiger partial charge in [0.2, 0.25) is 5.52 Å². The molecule has 1 saturated carbocycles. The van der Waals surface area contributed by atoms with Crippen molar-refractivity contribution in [1.82, 2.24) is 15.0 Å². The second-order valence-corrected chi connectivity index (χ2v) is 4.87. The summed E-state index contributed by atoms with van der Waals surface area (Å²) in [7, 11) is 0. The average Bonchev–Trinajstić information content (AvgIpc) is 2.94. The summed E-state index contributed by atoms with van der Waals surface area (Å²) in [6, 6.07) is -0.352. The zero-order chi connectivity index (χ0) is 13.6. The van der Waals surface area contributed by atoms with Crippen LogP contribution in [0.25, 0.3) is 11.2 Å². The highest BCUT2D eigenvalue weighted by molar-refractivity contribution is 5.77. The number of nitrogens with two attached hydrogens (primary N) is 1. The van der Waals surface area contributed by atoms with E-state index >= 15 is 0 Å². The number of aliphatic hydroxyl groups excluding tert-OH is 3. The minimum Gasteiger partial charge on any atom is -0.396 e. The van der Waals surface area contributed by atoms with Gasteiger partial charge in [-0.15, -0.1) is 0 Å². The van der Waals surface area contributed by atoms with E-state index in [9.17, 15) is 15.3 Å². The molecule has 0 bridgehead atoms. The number of hydrogen-bond acceptors (Lipinski definition) is 6. The van der Waals surface area contributed by atoms with Crippen molar-refractivity contribution < 1.29 is 19.9 Å². The molecule has 1 aliphatic carbocycles. The zero-order valence-electron chi connectivity index (χ0n) is 10.1. The van der Waals surface area contributed by atoms with E-state index in [-0.39, 0.29) is 18.6 Å². The van der Waals surface area contributed by atoms with Crippen molar-refractivity contribution in [2.24, 2.45) is 5.92 Å². The van der Waals surface area contributed by atoms with Crippen molar-refractivity contribution >= 4 is 17.0 Å². The Hall–Kier alpha value is -1.77. The number of fused-ring (bicyclic) bond motifs is 1. The number of nitrogen functional groups attached to an aromatic ring is 1. The third kappa shape index (κ3) is 1.76. The molecule has 19 heavy (non-hydrogen) atoms. The standard InChI is InChI=1S/C11H15N5O3/c12-10-7-11(14-3-13-10)16(4-15-7)6-1-5(2-17)8(18)9(6)19/h3-6,8-9,17-19H,1-2H2,(H2,12,13,14)/p+1. The van der Waals surface area contributed by atoms with Crippen LogP contribution < -0.4 is 10.3 Å². The summed E-state index contributed by atoms with van der Waals surface area (Å²) in [5.41, 5.74) is 6.90. The van der Waals surface area contributed by atoms with Crippen LogP contribution in [0.4, 0.5) is 5.82 Å². The van der Waals surface area contributed by atoms with Gasteiger partial charge in [-0.25, -0.2) is 4.57 Å². The summed E-state index contributed by atoms with van der Waals surface area (Å²) in [6.07, 6.45) is 1.59. The van der Waals surface area contributed by atoms with E-state index in [2.05, 4.69) is 15.0 Å². The average molecular weight is 266 g/mol. The van der Waals surface area contributed by atoms with Gasteiger partial charge in [0.05, 0.1) is 6.10 Å². The van der Waals surface area contributed by atoms with Gasteiger partial charge in [-0.2, -0.15) is 4.98 Å². The summed E-state index contributed by atoms with van der Waals surface area (Å²) in [6.45, 7) is -0.158. The lowest BCUT2D eigenvalue weighted by molar-refractivity contribution is -0.706. The first kappa shape index (κ1) is 12.3. The maximum atomic E-state index is 10.1. The van der Waals surface area contributed by atoms with Crippen LogP contribution in [-0.4, -0.2) is 49.1 Å². The normalized spacial score (nSPS) is 31.1. The molecule has 1 aliphatic rings. The number of nitrogens with one attached hydrogen (secondary N) is 1. The van der Waals surface area contributed by atoms with Crippen molar-refractivity contribution in [2.75, 3.05) is 12.3 Å². The summed E-state index contributed by atoms with van der Waals surface area (Å²) in [5, 5.41) is 29.1. The van der Waals surface area contributed by atoms with Crippen molar-refractivity contribution in [3.8, 4) is 0 Å².